The van der Waals surface area contributed by atoms with Crippen molar-refractivity contribution in [2.24, 2.45) is 0 Å². The predicted octanol–water partition coefficient (Wildman–Crippen LogP) is 2.66. The van der Waals surface area contributed by atoms with Gasteiger partial charge in [-0.2, -0.15) is 0 Å². The molecule has 0 atom stereocenters. The first kappa shape index (κ1) is 11.9. The number of para-hydroxylation sites is 1. The number of nitrogens with zero attached hydrogens (tertiary/aromatic N) is 3. The van der Waals surface area contributed by atoms with Gasteiger partial charge in [0.05, 0.1) is 5.52 Å². The highest BCUT2D eigenvalue weighted by molar-refractivity contribution is 6.28. The van der Waals surface area contributed by atoms with Crippen LogP contribution in [0.5, 0.6) is 0 Å². The van der Waals surface area contributed by atoms with Crippen LogP contribution in [0.4, 0.5) is 5.82 Å². The quantitative estimate of drug-likeness (QED) is 0.717. The molecule has 2 heterocycles. The first-order valence-corrected chi connectivity index (χ1v) is 6.35. The highest BCUT2D eigenvalue weighted by atomic mass is 35.5. The molecule has 0 fully saturated rings. The lowest BCUT2D eigenvalue weighted by Gasteiger charge is -2.08. The second-order valence-corrected chi connectivity index (χ2v) is 4.41. The lowest BCUT2D eigenvalue weighted by atomic mass is 10.2. The van der Waals surface area contributed by atoms with E-state index < -0.39 is 0 Å². The fourth-order valence-corrected chi connectivity index (χ4v) is 2.09. The van der Waals surface area contributed by atoms with Gasteiger partial charge < -0.3 is 10.3 Å². The molecule has 2 aromatic heterocycles. The van der Waals surface area contributed by atoms with Crippen LogP contribution in [0.2, 0.25) is 5.28 Å². The van der Waals surface area contributed by atoms with Crippen LogP contribution in [0.25, 0.3) is 10.9 Å². The third kappa shape index (κ3) is 2.66. The molecule has 2 N–H and O–H groups in total. The molecule has 0 amide bonds. The van der Waals surface area contributed by atoms with E-state index in [-0.39, 0.29) is 5.28 Å². The summed E-state index contributed by atoms with van der Waals surface area (Å²) in [7, 11) is 0. The zero-order valence-corrected chi connectivity index (χ0v) is 10.9. The Labute approximate surface area is 115 Å². The number of hydrogen-bond acceptors (Lipinski definition) is 4. The number of aromatic amines is 1. The van der Waals surface area contributed by atoms with E-state index in [9.17, 15) is 0 Å². The third-order valence-corrected chi connectivity index (χ3v) is 2.95. The minimum Gasteiger partial charge on any atom is -0.369 e. The van der Waals surface area contributed by atoms with E-state index in [2.05, 4.69) is 25.3 Å². The van der Waals surface area contributed by atoms with Crippen molar-refractivity contribution in [3.05, 3.63) is 47.8 Å². The fraction of sp³-hybridized carbons (Fsp3) is 0.154. The van der Waals surface area contributed by atoms with Gasteiger partial charge in [0.2, 0.25) is 5.28 Å². The minimum absolute atomic E-state index is 0.249. The van der Waals surface area contributed by atoms with Gasteiger partial charge in [-0.3, -0.25) is 0 Å². The number of anilines is 1. The maximum Gasteiger partial charge on any atom is 0.224 e. The average molecular weight is 274 g/mol. The molecule has 96 valence electrons. The molecule has 0 radical (unpaired) electrons. The summed E-state index contributed by atoms with van der Waals surface area (Å²) >= 11 is 5.92. The Morgan fingerprint density at radius 3 is 2.95 bits per heavy atom. The van der Waals surface area contributed by atoms with Gasteiger partial charge in [-0.25, -0.2) is 15.0 Å². The summed E-state index contributed by atoms with van der Waals surface area (Å²) in [6, 6.07) is 7.77. The predicted molar refractivity (Wildman–Crippen MR) is 75.3 cm³/mol. The lowest BCUT2D eigenvalue weighted by molar-refractivity contribution is 0.922. The van der Waals surface area contributed by atoms with Gasteiger partial charge in [-0.05, 0) is 23.7 Å². The summed E-state index contributed by atoms with van der Waals surface area (Å²) in [4.78, 5) is 15.7. The van der Waals surface area contributed by atoms with E-state index in [1.165, 1.54) is 0 Å². The SMILES string of the molecule is Clc1nc(NCCc2ncc[nH]2)c2ccccc2n1. The maximum atomic E-state index is 5.92. The van der Waals surface area contributed by atoms with E-state index in [4.69, 9.17) is 11.6 Å². The van der Waals surface area contributed by atoms with Gasteiger partial charge in [0.1, 0.15) is 11.6 Å². The molecule has 3 aromatic rings. The average Bonchev–Trinajstić information content (AvgIpc) is 2.91. The van der Waals surface area contributed by atoms with Crippen LogP contribution in [0.1, 0.15) is 5.82 Å². The first-order chi connectivity index (χ1) is 9.33. The van der Waals surface area contributed by atoms with Crippen molar-refractivity contribution < 1.29 is 0 Å². The van der Waals surface area contributed by atoms with Gasteiger partial charge in [0.25, 0.3) is 0 Å². The number of fused-ring (bicyclic) bond motifs is 1. The summed E-state index contributed by atoms with van der Waals surface area (Å²) in [5, 5.41) is 4.48. The number of hydrogen-bond donors (Lipinski definition) is 2. The van der Waals surface area contributed by atoms with Crippen molar-refractivity contribution in [2.45, 2.75) is 6.42 Å². The number of nitrogens with one attached hydrogen (secondary N) is 2. The summed E-state index contributed by atoms with van der Waals surface area (Å²) in [6.45, 7) is 0.727. The Balaban J connectivity index is 1.80. The second-order valence-electron chi connectivity index (χ2n) is 4.07. The largest absolute Gasteiger partial charge is 0.369 e. The van der Waals surface area contributed by atoms with E-state index in [0.717, 1.165) is 35.5 Å². The van der Waals surface area contributed by atoms with E-state index >= 15 is 0 Å². The molecule has 0 aliphatic heterocycles. The van der Waals surface area contributed by atoms with Crippen molar-refractivity contribution in [3.63, 3.8) is 0 Å². The molecule has 0 spiro atoms. The summed E-state index contributed by atoms with van der Waals surface area (Å²) < 4.78 is 0. The summed E-state index contributed by atoms with van der Waals surface area (Å²) in [6.07, 6.45) is 4.35. The number of imidazole rings is 1. The smallest absolute Gasteiger partial charge is 0.224 e. The molecule has 0 aliphatic carbocycles. The van der Waals surface area contributed by atoms with E-state index in [1.54, 1.807) is 6.20 Å². The van der Waals surface area contributed by atoms with Gasteiger partial charge in [-0.1, -0.05) is 12.1 Å². The molecule has 6 heteroatoms. The van der Waals surface area contributed by atoms with Crippen molar-refractivity contribution in [3.8, 4) is 0 Å². The van der Waals surface area contributed by atoms with Crippen LogP contribution in [0, 0.1) is 0 Å². The van der Waals surface area contributed by atoms with Crippen LogP contribution in [0.3, 0.4) is 0 Å². The van der Waals surface area contributed by atoms with Crippen molar-refractivity contribution in [2.75, 3.05) is 11.9 Å². The summed E-state index contributed by atoms with van der Waals surface area (Å²) in [5.74, 6) is 1.69. The Kier molecular flexibility index (Phi) is 3.29. The molecule has 1 aromatic carbocycles. The van der Waals surface area contributed by atoms with Crippen LogP contribution >= 0.6 is 11.6 Å². The Morgan fingerprint density at radius 1 is 1.21 bits per heavy atom. The monoisotopic (exact) mass is 273 g/mol. The minimum atomic E-state index is 0.249. The van der Waals surface area contributed by atoms with Gasteiger partial charge in [0.15, 0.2) is 0 Å². The van der Waals surface area contributed by atoms with Gasteiger partial charge in [0, 0.05) is 30.7 Å². The molecular formula is C13H12ClN5. The van der Waals surface area contributed by atoms with Crippen molar-refractivity contribution >= 4 is 28.3 Å². The molecule has 0 unspecified atom stereocenters. The molecule has 0 saturated heterocycles. The third-order valence-electron chi connectivity index (χ3n) is 2.79. The van der Waals surface area contributed by atoms with Crippen molar-refractivity contribution in [1.29, 1.82) is 0 Å². The molecule has 0 bridgehead atoms. The highest BCUT2D eigenvalue weighted by Crippen LogP contribution is 2.21. The Hall–Kier alpha value is -2.14. The second kappa shape index (κ2) is 5.24. The number of aromatic nitrogens is 4. The van der Waals surface area contributed by atoms with Gasteiger partial charge >= 0.3 is 0 Å². The maximum absolute atomic E-state index is 5.92. The summed E-state index contributed by atoms with van der Waals surface area (Å²) in [5.41, 5.74) is 0.836. The molecule has 19 heavy (non-hydrogen) atoms. The highest BCUT2D eigenvalue weighted by Gasteiger charge is 2.05. The van der Waals surface area contributed by atoms with E-state index in [0.29, 0.717) is 0 Å². The molecule has 0 aliphatic rings. The van der Waals surface area contributed by atoms with E-state index in [1.807, 2.05) is 30.5 Å². The number of halogens is 1. The van der Waals surface area contributed by atoms with Crippen LogP contribution in [-0.4, -0.2) is 26.5 Å². The zero-order valence-electron chi connectivity index (χ0n) is 10.1. The molecule has 5 nitrogen and oxygen atoms in total. The van der Waals surface area contributed by atoms with Crippen LogP contribution < -0.4 is 5.32 Å². The topological polar surface area (TPSA) is 66.5 Å². The first-order valence-electron chi connectivity index (χ1n) is 5.97. The Morgan fingerprint density at radius 2 is 2.11 bits per heavy atom. The van der Waals surface area contributed by atoms with Crippen molar-refractivity contribution in [1.82, 2.24) is 19.9 Å². The standard InChI is InChI=1S/C13H12ClN5/c14-13-18-10-4-2-1-3-9(10)12(19-13)17-6-5-11-15-7-8-16-11/h1-4,7-8H,5-6H2,(H,15,16)(H,17,18,19). The number of rotatable bonds is 4. The van der Waals surface area contributed by atoms with Crippen LogP contribution in [0.15, 0.2) is 36.7 Å². The van der Waals surface area contributed by atoms with Gasteiger partial charge in [-0.15, -0.1) is 0 Å². The molecule has 0 saturated carbocycles. The Bertz CT molecular complexity index is 681. The normalized spacial score (nSPS) is 10.8. The molecule has 3 rings (SSSR count). The number of H-pyrrole nitrogens is 1. The van der Waals surface area contributed by atoms with Crippen LogP contribution in [-0.2, 0) is 6.42 Å². The lowest BCUT2D eigenvalue weighted by Crippen LogP contribution is -2.08. The number of benzene rings is 1. The fourth-order valence-electron chi connectivity index (χ4n) is 1.92. The zero-order chi connectivity index (χ0) is 13.1. The molecular weight excluding hydrogens is 262 g/mol.